The lowest BCUT2D eigenvalue weighted by atomic mass is 10.1. The molecule has 2 N–H and O–H groups in total. The molecule has 0 radical (unpaired) electrons. The van der Waals surface area contributed by atoms with E-state index in [1.807, 2.05) is 12.1 Å². The van der Waals surface area contributed by atoms with Crippen molar-refractivity contribution in [2.75, 3.05) is 5.73 Å². The van der Waals surface area contributed by atoms with Gasteiger partial charge in [-0.25, -0.2) is 0 Å². The van der Waals surface area contributed by atoms with E-state index in [2.05, 4.69) is 49.8 Å². The molecule has 15 heavy (non-hydrogen) atoms. The van der Waals surface area contributed by atoms with Crippen LogP contribution in [0.25, 0.3) is 0 Å². The first-order valence-corrected chi connectivity index (χ1v) is 9.07. The lowest BCUT2D eigenvalue weighted by Gasteiger charge is -2.04. The summed E-state index contributed by atoms with van der Waals surface area (Å²) in [5.74, 6) is 3.90. The van der Waals surface area contributed by atoms with E-state index in [1.54, 1.807) is 0 Å². The second-order valence-corrected chi connectivity index (χ2v) is 9.69. The molecule has 3 heteroatoms. The van der Waals surface area contributed by atoms with Crippen LogP contribution in [0.15, 0.2) is 18.2 Å². The van der Waals surface area contributed by atoms with E-state index < -0.39 is 8.07 Å². The number of nitrogen functional groups attached to an aromatic ring is 1. The van der Waals surface area contributed by atoms with Gasteiger partial charge in [0.1, 0.15) is 8.07 Å². The van der Waals surface area contributed by atoms with Crippen molar-refractivity contribution in [3.8, 4) is 11.5 Å². The first-order valence-electron chi connectivity index (χ1n) is 4.94. The molecule has 0 atom stereocenters. The number of anilines is 1. The van der Waals surface area contributed by atoms with Crippen LogP contribution in [0.2, 0.25) is 19.6 Å². The molecule has 0 saturated carbocycles. The summed E-state index contributed by atoms with van der Waals surface area (Å²) in [6.07, 6.45) is 0. The van der Waals surface area contributed by atoms with Crippen LogP contribution in [-0.2, 0) is 5.75 Å². The van der Waals surface area contributed by atoms with Gasteiger partial charge < -0.3 is 5.73 Å². The Hall–Kier alpha value is -0.853. The van der Waals surface area contributed by atoms with Crippen LogP contribution in [-0.4, -0.2) is 8.07 Å². The van der Waals surface area contributed by atoms with Gasteiger partial charge in [0.25, 0.3) is 0 Å². The Morgan fingerprint density at radius 2 is 1.93 bits per heavy atom. The summed E-state index contributed by atoms with van der Waals surface area (Å²) >= 11 is 4.23. The van der Waals surface area contributed by atoms with Crippen molar-refractivity contribution in [3.05, 3.63) is 29.3 Å². The SMILES string of the molecule is C[Si](C)(C)C#Cc1cc(N)cc(CS)c1. The zero-order valence-corrected chi connectivity index (χ0v) is 11.4. The van der Waals surface area contributed by atoms with Crippen molar-refractivity contribution in [2.45, 2.75) is 25.4 Å². The van der Waals surface area contributed by atoms with Gasteiger partial charge in [-0.15, -0.1) is 5.54 Å². The summed E-state index contributed by atoms with van der Waals surface area (Å²) < 4.78 is 0. The number of thiol groups is 1. The molecule has 0 aliphatic rings. The Morgan fingerprint density at radius 1 is 1.27 bits per heavy atom. The number of hydrogen-bond acceptors (Lipinski definition) is 2. The Morgan fingerprint density at radius 3 is 2.47 bits per heavy atom. The minimum atomic E-state index is -1.31. The van der Waals surface area contributed by atoms with Crippen LogP contribution < -0.4 is 5.73 Å². The molecule has 0 aromatic heterocycles. The van der Waals surface area contributed by atoms with E-state index in [9.17, 15) is 0 Å². The van der Waals surface area contributed by atoms with Crippen molar-refractivity contribution in [1.29, 1.82) is 0 Å². The summed E-state index contributed by atoms with van der Waals surface area (Å²) in [4.78, 5) is 0. The molecule has 0 fully saturated rings. The minimum absolute atomic E-state index is 0.701. The standard InChI is InChI=1S/C12H17NSSi/c1-15(2,3)5-4-10-6-11(9-14)8-12(13)7-10/h6-8,14H,9,13H2,1-3H3. The highest BCUT2D eigenvalue weighted by atomic mass is 32.1. The number of hydrogen-bond donors (Lipinski definition) is 2. The fourth-order valence-corrected chi connectivity index (χ4v) is 1.84. The number of rotatable bonds is 1. The average molecular weight is 235 g/mol. The van der Waals surface area contributed by atoms with Gasteiger partial charge in [-0.3, -0.25) is 0 Å². The fourth-order valence-electron chi connectivity index (χ4n) is 1.14. The topological polar surface area (TPSA) is 26.0 Å². The molecule has 0 spiro atoms. The van der Waals surface area contributed by atoms with Gasteiger partial charge >= 0.3 is 0 Å². The number of benzene rings is 1. The maximum absolute atomic E-state index is 5.78. The number of nitrogens with two attached hydrogens (primary N) is 1. The zero-order chi connectivity index (χ0) is 11.5. The molecule has 1 rings (SSSR count). The van der Waals surface area contributed by atoms with Crippen molar-refractivity contribution in [2.24, 2.45) is 0 Å². The van der Waals surface area contributed by atoms with E-state index in [0.717, 1.165) is 16.8 Å². The maximum atomic E-state index is 5.78. The highest BCUT2D eigenvalue weighted by molar-refractivity contribution is 7.79. The Labute approximate surface area is 98.5 Å². The maximum Gasteiger partial charge on any atom is 0.129 e. The lowest BCUT2D eigenvalue weighted by Crippen LogP contribution is -2.16. The van der Waals surface area contributed by atoms with Gasteiger partial charge in [0.2, 0.25) is 0 Å². The van der Waals surface area contributed by atoms with Crippen LogP contribution in [0.5, 0.6) is 0 Å². The second kappa shape index (κ2) is 4.78. The van der Waals surface area contributed by atoms with Gasteiger partial charge in [0.15, 0.2) is 0 Å². The molecule has 1 nitrogen and oxygen atoms in total. The van der Waals surface area contributed by atoms with Crippen molar-refractivity contribution in [3.63, 3.8) is 0 Å². The van der Waals surface area contributed by atoms with Crippen LogP contribution in [0.4, 0.5) is 5.69 Å². The Kier molecular flexibility index (Phi) is 3.89. The third-order valence-electron chi connectivity index (χ3n) is 1.78. The monoisotopic (exact) mass is 235 g/mol. The smallest absolute Gasteiger partial charge is 0.129 e. The van der Waals surface area contributed by atoms with E-state index in [4.69, 9.17) is 5.73 Å². The molecule has 0 unspecified atom stereocenters. The summed E-state index contributed by atoms with van der Waals surface area (Å²) in [7, 11) is -1.31. The molecule has 0 bridgehead atoms. The van der Waals surface area contributed by atoms with Crippen molar-refractivity contribution < 1.29 is 0 Å². The normalized spacial score (nSPS) is 10.7. The first kappa shape index (κ1) is 12.2. The van der Waals surface area contributed by atoms with Gasteiger partial charge in [-0.2, -0.15) is 12.6 Å². The minimum Gasteiger partial charge on any atom is -0.399 e. The van der Waals surface area contributed by atoms with Crippen molar-refractivity contribution >= 4 is 26.4 Å². The summed E-state index contributed by atoms with van der Waals surface area (Å²) in [6.45, 7) is 6.68. The predicted molar refractivity (Wildman–Crippen MR) is 73.8 cm³/mol. The molecular weight excluding hydrogens is 218 g/mol. The van der Waals surface area contributed by atoms with E-state index in [-0.39, 0.29) is 0 Å². The largest absolute Gasteiger partial charge is 0.399 e. The summed E-state index contributed by atoms with van der Waals surface area (Å²) in [5, 5.41) is 0. The lowest BCUT2D eigenvalue weighted by molar-refractivity contribution is 1.41. The van der Waals surface area contributed by atoms with Crippen LogP contribution in [0.3, 0.4) is 0 Å². The predicted octanol–water partition coefficient (Wildman–Crippen LogP) is 2.93. The highest BCUT2D eigenvalue weighted by Crippen LogP contribution is 2.13. The molecule has 0 heterocycles. The Bertz CT molecular complexity index is 410. The van der Waals surface area contributed by atoms with E-state index >= 15 is 0 Å². The average Bonchev–Trinajstić information content (AvgIpc) is 2.13. The molecule has 0 amide bonds. The van der Waals surface area contributed by atoms with Crippen LogP contribution >= 0.6 is 12.6 Å². The Balaban J connectivity index is 3.04. The van der Waals surface area contributed by atoms with Gasteiger partial charge in [-0.05, 0) is 23.8 Å². The summed E-state index contributed by atoms with van der Waals surface area (Å²) in [5.41, 5.74) is 12.0. The molecule has 0 saturated heterocycles. The van der Waals surface area contributed by atoms with E-state index in [0.29, 0.717) is 5.75 Å². The molecule has 80 valence electrons. The van der Waals surface area contributed by atoms with E-state index in [1.165, 1.54) is 0 Å². The quantitative estimate of drug-likeness (QED) is 0.333. The first-order chi connectivity index (χ1) is 6.90. The summed E-state index contributed by atoms with van der Waals surface area (Å²) in [6, 6.07) is 5.91. The third-order valence-corrected chi connectivity index (χ3v) is 3.02. The van der Waals surface area contributed by atoms with Crippen LogP contribution in [0, 0.1) is 11.5 Å². The van der Waals surface area contributed by atoms with Crippen LogP contribution in [0.1, 0.15) is 11.1 Å². The van der Waals surface area contributed by atoms with Gasteiger partial charge in [0.05, 0.1) is 0 Å². The molecule has 1 aromatic carbocycles. The molecular formula is C12H17NSSi. The third kappa shape index (κ3) is 4.46. The van der Waals surface area contributed by atoms with Gasteiger partial charge in [0, 0.05) is 17.0 Å². The van der Waals surface area contributed by atoms with Crippen molar-refractivity contribution in [1.82, 2.24) is 0 Å². The zero-order valence-electron chi connectivity index (χ0n) is 9.46. The molecule has 1 aromatic rings. The molecule has 0 aliphatic heterocycles. The highest BCUT2D eigenvalue weighted by Gasteiger charge is 2.07. The van der Waals surface area contributed by atoms with Gasteiger partial charge in [-0.1, -0.05) is 25.6 Å². The molecule has 0 aliphatic carbocycles. The fraction of sp³-hybridized carbons (Fsp3) is 0.333. The second-order valence-electron chi connectivity index (χ2n) is 4.62.